The zero-order valence-electron chi connectivity index (χ0n) is 25.5. The largest absolute Gasteiger partial charge is 0.417 e. The SMILES string of the molecule is N#Cc1ccc(NC(=O)C(O)(Cc2cccc(-c3cccc(OC(N)=O)c3)c2)C2CCN(C(=O)c3ccccc3)CC2)cc1C(F)(F)F. The summed E-state index contributed by atoms with van der Waals surface area (Å²) < 4.78 is 46.0. The van der Waals surface area contributed by atoms with E-state index in [1.807, 2.05) is 0 Å². The van der Waals surface area contributed by atoms with Gasteiger partial charge in [-0.1, -0.05) is 54.6 Å². The fraction of sp³-hybridized carbons (Fsp3) is 0.222. The van der Waals surface area contributed by atoms with Crippen molar-refractivity contribution in [1.29, 1.82) is 5.26 Å². The number of piperidine rings is 1. The number of primary amides is 1. The Kier molecular flexibility index (Phi) is 9.82. The number of halogens is 3. The first-order chi connectivity index (χ1) is 22.9. The molecule has 1 atom stereocenters. The summed E-state index contributed by atoms with van der Waals surface area (Å²) in [5.74, 6) is -1.56. The van der Waals surface area contributed by atoms with Gasteiger partial charge in [-0.15, -0.1) is 0 Å². The first-order valence-corrected chi connectivity index (χ1v) is 15.0. The molecule has 3 amide bonds. The Morgan fingerprint density at radius 1 is 0.917 bits per heavy atom. The minimum Gasteiger partial charge on any atom is -0.410 e. The van der Waals surface area contributed by atoms with Crippen LogP contribution in [0.15, 0.2) is 97.1 Å². The number of hydrogen-bond acceptors (Lipinski definition) is 6. The number of nitriles is 1. The summed E-state index contributed by atoms with van der Waals surface area (Å²) in [5, 5.41) is 23.9. The van der Waals surface area contributed by atoms with Crippen molar-refractivity contribution in [2.24, 2.45) is 11.7 Å². The molecule has 9 nitrogen and oxygen atoms in total. The van der Waals surface area contributed by atoms with Crippen LogP contribution in [0.2, 0.25) is 0 Å². The first kappa shape index (κ1) is 33.7. The summed E-state index contributed by atoms with van der Waals surface area (Å²) in [6.45, 7) is 0.492. The van der Waals surface area contributed by atoms with Crippen LogP contribution >= 0.6 is 0 Å². The number of ether oxygens (including phenoxy) is 1. The summed E-state index contributed by atoms with van der Waals surface area (Å²) in [6, 6.07) is 26.6. The molecule has 1 heterocycles. The highest BCUT2D eigenvalue weighted by atomic mass is 19.4. The molecule has 4 aromatic carbocycles. The molecule has 246 valence electrons. The fourth-order valence-electron chi connectivity index (χ4n) is 5.95. The van der Waals surface area contributed by atoms with Gasteiger partial charge < -0.3 is 25.8 Å². The highest BCUT2D eigenvalue weighted by Crippen LogP contribution is 2.37. The summed E-state index contributed by atoms with van der Waals surface area (Å²) in [5.41, 5.74) is 3.37. The molecule has 4 aromatic rings. The predicted octanol–water partition coefficient (Wildman–Crippen LogP) is 6.17. The number of aliphatic hydroxyl groups is 1. The van der Waals surface area contributed by atoms with Crippen molar-refractivity contribution in [3.63, 3.8) is 0 Å². The molecule has 1 unspecified atom stereocenters. The molecule has 0 saturated carbocycles. The molecule has 0 radical (unpaired) electrons. The van der Waals surface area contributed by atoms with Gasteiger partial charge in [0.15, 0.2) is 0 Å². The van der Waals surface area contributed by atoms with Crippen LogP contribution in [0.4, 0.5) is 23.7 Å². The van der Waals surface area contributed by atoms with Crippen molar-refractivity contribution < 1.29 is 37.4 Å². The highest BCUT2D eigenvalue weighted by molar-refractivity contribution is 5.98. The molecule has 48 heavy (non-hydrogen) atoms. The van der Waals surface area contributed by atoms with Crippen molar-refractivity contribution in [3.05, 3.63) is 119 Å². The van der Waals surface area contributed by atoms with Crippen LogP contribution in [0.1, 0.15) is 39.9 Å². The van der Waals surface area contributed by atoms with E-state index in [0.717, 1.165) is 6.07 Å². The minimum atomic E-state index is -4.85. The van der Waals surface area contributed by atoms with Crippen molar-refractivity contribution in [3.8, 4) is 22.9 Å². The van der Waals surface area contributed by atoms with Gasteiger partial charge in [0.2, 0.25) is 0 Å². The number of nitrogens with two attached hydrogens (primary N) is 1. The van der Waals surface area contributed by atoms with Crippen LogP contribution < -0.4 is 15.8 Å². The number of nitrogens with one attached hydrogen (secondary N) is 1. The maximum atomic E-state index is 13.9. The second-order valence-electron chi connectivity index (χ2n) is 11.5. The van der Waals surface area contributed by atoms with E-state index in [0.29, 0.717) is 28.3 Å². The number of likely N-dealkylation sites (tertiary alicyclic amines) is 1. The number of benzene rings is 4. The molecule has 4 N–H and O–H groups in total. The van der Waals surface area contributed by atoms with Gasteiger partial charge in [-0.05, 0) is 72.0 Å². The van der Waals surface area contributed by atoms with E-state index in [4.69, 9.17) is 10.5 Å². The minimum absolute atomic E-state index is 0.186. The Labute approximate surface area is 274 Å². The number of anilines is 1. The normalized spacial score (nSPS) is 14.8. The highest BCUT2D eigenvalue weighted by Gasteiger charge is 2.46. The van der Waals surface area contributed by atoms with E-state index in [-0.39, 0.29) is 49.7 Å². The first-order valence-electron chi connectivity index (χ1n) is 15.0. The fourth-order valence-corrected chi connectivity index (χ4v) is 5.95. The Morgan fingerprint density at radius 3 is 2.23 bits per heavy atom. The van der Waals surface area contributed by atoms with E-state index in [1.165, 1.54) is 12.1 Å². The third-order valence-electron chi connectivity index (χ3n) is 8.36. The standard InChI is InChI=1S/C36H31F3N4O5/c37-36(38,39)31-20-29(13-12-27(31)22-40)42-33(45)35(47,28-14-16-43(17-15-28)32(44)24-7-2-1-3-8-24)21-23-6-4-9-25(18-23)26-10-5-11-30(19-26)48-34(41)46/h1-13,18-20,28,47H,14-17,21H2,(H2,41,46)(H,42,45). The van der Waals surface area contributed by atoms with Crippen LogP contribution in [-0.4, -0.2) is 46.6 Å². The zero-order valence-corrected chi connectivity index (χ0v) is 25.5. The van der Waals surface area contributed by atoms with Crippen LogP contribution in [0, 0.1) is 17.2 Å². The summed E-state index contributed by atoms with van der Waals surface area (Å²) in [4.78, 5) is 39.9. The van der Waals surface area contributed by atoms with Gasteiger partial charge in [-0.3, -0.25) is 9.59 Å². The molecule has 1 saturated heterocycles. The lowest BCUT2D eigenvalue weighted by Gasteiger charge is -2.40. The number of hydrogen-bond donors (Lipinski definition) is 3. The number of alkyl halides is 3. The molecule has 1 aliphatic rings. The Hall–Kier alpha value is -5.67. The number of carbonyl (C=O) groups is 3. The van der Waals surface area contributed by atoms with E-state index in [9.17, 15) is 37.9 Å². The summed E-state index contributed by atoms with van der Waals surface area (Å²) in [7, 11) is 0. The lowest BCUT2D eigenvalue weighted by Crippen LogP contribution is -2.54. The number of amides is 3. The van der Waals surface area contributed by atoms with Crippen molar-refractivity contribution in [2.75, 3.05) is 18.4 Å². The van der Waals surface area contributed by atoms with E-state index in [1.54, 1.807) is 83.8 Å². The van der Waals surface area contributed by atoms with Crippen LogP contribution in [0.25, 0.3) is 11.1 Å². The molecule has 0 aliphatic carbocycles. The number of nitrogens with zero attached hydrogens (tertiary/aromatic N) is 2. The number of carbonyl (C=O) groups excluding carboxylic acids is 3. The smallest absolute Gasteiger partial charge is 0.410 e. The Balaban J connectivity index is 1.44. The van der Waals surface area contributed by atoms with Gasteiger partial charge in [0.05, 0.1) is 17.2 Å². The lowest BCUT2D eigenvalue weighted by atomic mass is 9.75. The molecular weight excluding hydrogens is 625 g/mol. The lowest BCUT2D eigenvalue weighted by molar-refractivity contribution is -0.142. The van der Waals surface area contributed by atoms with Gasteiger partial charge in [0.1, 0.15) is 11.4 Å². The molecule has 5 rings (SSSR count). The van der Waals surface area contributed by atoms with Gasteiger partial charge in [-0.25, -0.2) is 4.79 Å². The van der Waals surface area contributed by atoms with E-state index in [2.05, 4.69) is 5.32 Å². The molecule has 1 aliphatic heterocycles. The second-order valence-corrected chi connectivity index (χ2v) is 11.5. The summed E-state index contributed by atoms with van der Waals surface area (Å²) >= 11 is 0. The average molecular weight is 657 g/mol. The zero-order chi connectivity index (χ0) is 34.5. The maximum Gasteiger partial charge on any atom is 0.417 e. The quantitative estimate of drug-likeness (QED) is 0.207. The number of rotatable bonds is 8. The molecule has 1 fully saturated rings. The van der Waals surface area contributed by atoms with Gasteiger partial charge in [0, 0.05) is 36.7 Å². The van der Waals surface area contributed by atoms with Crippen molar-refractivity contribution in [1.82, 2.24) is 4.90 Å². The Morgan fingerprint density at radius 2 is 1.58 bits per heavy atom. The second kappa shape index (κ2) is 14.0. The van der Waals surface area contributed by atoms with Gasteiger partial charge >= 0.3 is 12.3 Å². The van der Waals surface area contributed by atoms with Crippen molar-refractivity contribution >= 4 is 23.6 Å². The molecule has 0 bridgehead atoms. The Bertz CT molecular complexity index is 1870. The topological polar surface area (TPSA) is 146 Å². The van der Waals surface area contributed by atoms with Gasteiger partial charge in [0.25, 0.3) is 11.8 Å². The third kappa shape index (κ3) is 7.65. The van der Waals surface area contributed by atoms with Gasteiger partial charge in [-0.2, -0.15) is 18.4 Å². The van der Waals surface area contributed by atoms with Crippen LogP contribution in [0.3, 0.4) is 0 Å². The van der Waals surface area contributed by atoms with Crippen LogP contribution in [0.5, 0.6) is 5.75 Å². The molecule has 0 aromatic heterocycles. The molecule has 12 heteroatoms. The van der Waals surface area contributed by atoms with E-state index >= 15 is 0 Å². The van der Waals surface area contributed by atoms with E-state index < -0.39 is 40.8 Å². The maximum absolute atomic E-state index is 13.9. The molecular formula is C36H31F3N4O5. The van der Waals surface area contributed by atoms with Crippen molar-refractivity contribution in [2.45, 2.75) is 31.0 Å². The predicted molar refractivity (Wildman–Crippen MR) is 171 cm³/mol. The van der Waals surface area contributed by atoms with Crippen LogP contribution in [-0.2, 0) is 17.4 Å². The molecule has 0 spiro atoms. The monoisotopic (exact) mass is 656 g/mol. The average Bonchev–Trinajstić information content (AvgIpc) is 3.08. The third-order valence-corrected chi connectivity index (χ3v) is 8.36. The summed E-state index contributed by atoms with van der Waals surface area (Å²) in [6.07, 6.45) is -5.53.